The zero-order chi connectivity index (χ0) is 15.7. The molecule has 22 heavy (non-hydrogen) atoms. The van der Waals surface area contributed by atoms with Gasteiger partial charge in [-0.3, -0.25) is 14.6 Å². The second kappa shape index (κ2) is 5.55. The van der Waals surface area contributed by atoms with E-state index in [1.165, 1.54) is 0 Å². The molecule has 0 aromatic carbocycles. The molecule has 1 aliphatic carbocycles. The molecule has 0 spiro atoms. The number of carbonyl (C=O) groups is 2. The predicted molar refractivity (Wildman–Crippen MR) is 83.1 cm³/mol. The third-order valence-corrected chi connectivity index (χ3v) is 4.82. The molecular formula is C17H21N3O2. The van der Waals surface area contributed by atoms with Crippen LogP contribution in [0.3, 0.4) is 0 Å². The highest BCUT2D eigenvalue weighted by molar-refractivity contribution is 5.94. The molecule has 5 nitrogen and oxygen atoms in total. The lowest BCUT2D eigenvalue weighted by molar-refractivity contribution is -0.131. The highest BCUT2D eigenvalue weighted by atomic mass is 16.2. The number of fused-ring (bicyclic) bond motifs is 1. The molecule has 1 N–H and O–H groups in total. The van der Waals surface area contributed by atoms with Crippen LogP contribution in [0.1, 0.15) is 41.7 Å². The molecule has 0 saturated carbocycles. The van der Waals surface area contributed by atoms with E-state index in [1.807, 2.05) is 20.0 Å². The number of carbonyl (C=O) groups excluding carboxylic acids is 2. The molecule has 1 atom stereocenters. The third-order valence-electron chi connectivity index (χ3n) is 4.82. The van der Waals surface area contributed by atoms with E-state index in [-0.39, 0.29) is 17.2 Å². The number of likely N-dealkylation sites (tertiary alicyclic amines) is 1. The molecule has 2 amide bonds. The van der Waals surface area contributed by atoms with Gasteiger partial charge in [0.05, 0.1) is 5.56 Å². The van der Waals surface area contributed by atoms with Crippen LogP contribution in [0.5, 0.6) is 0 Å². The van der Waals surface area contributed by atoms with Crippen molar-refractivity contribution in [3.63, 3.8) is 0 Å². The number of hydrogen-bond acceptors (Lipinski definition) is 3. The van der Waals surface area contributed by atoms with Crippen molar-refractivity contribution in [1.29, 1.82) is 0 Å². The molecule has 1 aromatic heterocycles. The van der Waals surface area contributed by atoms with Crippen molar-refractivity contribution in [1.82, 2.24) is 15.2 Å². The van der Waals surface area contributed by atoms with E-state index >= 15 is 0 Å². The number of amides is 2. The van der Waals surface area contributed by atoms with Gasteiger partial charge in [-0.2, -0.15) is 0 Å². The maximum atomic E-state index is 12.3. The van der Waals surface area contributed by atoms with Crippen LogP contribution >= 0.6 is 0 Å². The third kappa shape index (κ3) is 2.51. The van der Waals surface area contributed by atoms with Gasteiger partial charge in [-0.25, -0.2) is 0 Å². The molecule has 2 aliphatic rings. The molecule has 5 heteroatoms. The summed E-state index contributed by atoms with van der Waals surface area (Å²) in [5, 5.41) is 3.03. The Kier molecular flexibility index (Phi) is 3.72. The van der Waals surface area contributed by atoms with E-state index in [4.69, 9.17) is 0 Å². The predicted octanol–water partition coefficient (Wildman–Crippen LogP) is 2.04. The van der Waals surface area contributed by atoms with Crippen molar-refractivity contribution in [2.45, 2.75) is 32.6 Å². The average molecular weight is 299 g/mol. The van der Waals surface area contributed by atoms with E-state index in [0.717, 1.165) is 30.7 Å². The van der Waals surface area contributed by atoms with Crippen LogP contribution in [0.15, 0.2) is 30.1 Å². The fraction of sp³-hybridized carbons (Fsp3) is 0.471. The number of aryl methyl sites for hydroxylation is 1. The molecule has 1 saturated heterocycles. The second-order valence-corrected chi connectivity index (χ2v) is 6.23. The Morgan fingerprint density at radius 2 is 2.23 bits per heavy atom. The quantitative estimate of drug-likeness (QED) is 0.929. The monoisotopic (exact) mass is 299 g/mol. The maximum Gasteiger partial charge on any atom is 0.252 e. The Labute approximate surface area is 130 Å². The maximum absolute atomic E-state index is 12.3. The summed E-state index contributed by atoms with van der Waals surface area (Å²) in [7, 11) is 1.83. The number of allylic oxidation sites excluding steroid dienone is 1. The lowest BCUT2D eigenvalue weighted by Crippen LogP contribution is -2.46. The fourth-order valence-corrected chi connectivity index (χ4v) is 3.44. The van der Waals surface area contributed by atoms with Gasteiger partial charge in [0.25, 0.3) is 5.91 Å². The van der Waals surface area contributed by atoms with Crippen LogP contribution in [-0.4, -0.2) is 35.3 Å². The number of rotatable bonds is 3. The molecule has 2 heterocycles. The van der Waals surface area contributed by atoms with Gasteiger partial charge in [0.1, 0.15) is 0 Å². The van der Waals surface area contributed by atoms with Crippen LogP contribution in [0.2, 0.25) is 0 Å². The van der Waals surface area contributed by atoms with Crippen molar-refractivity contribution < 1.29 is 9.59 Å². The largest absolute Gasteiger partial charge is 0.351 e. The van der Waals surface area contributed by atoms with Gasteiger partial charge in [-0.05, 0) is 38.3 Å². The van der Waals surface area contributed by atoms with Crippen molar-refractivity contribution in [3.05, 3.63) is 41.4 Å². The highest BCUT2D eigenvalue weighted by Gasteiger charge is 2.44. The Morgan fingerprint density at radius 1 is 1.41 bits per heavy atom. The first-order valence-electron chi connectivity index (χ1n) is 7.70. The molecule has 116 valence electrons. The fourth-order valence-electron chi connectivity index (χ4n) is 3.44. The molecule has 1 unspecified atom stereocenters. The Balaban J connectivity index is 1.70. The van der Waals surface area contributed by atoms with Crippen molar-refractivity contribution in [2.24, 2.45) is 5.41 Å². The molecule has 1 aliphatic heterocycles. The van der Waals surface area contributed by atoms with Gasteiger partial charge in [0.15, 0.2) is 0 Å². The zero-order valence-corrected chi connectivity index (χ0v) is 13.1. The van der Waals surface area contributed by atoms with E-state index in [9.17, 15) is 9.59 Å². The summed E-state index contributed by atoms with van der Waals surface area (Å²) in [4.78, 5) is 30.1. The minimum Gasteiger partial charge on any atom is -0.351 e. The Hall–Kier alpha value is -2.17. The first-order chi connectivity index (χ1) is 10.5. The first kappa shape index (κ1) is 14.8. The summed E-state index contributed by atoms with van der Waals surface area (Å²) in [5.74, 6) is 0.0607. The molecular weight excluding hydrogens is 278 g/mol. The van der Waals surface area contributed by atoms with Gasteiger partial charge in [-0.1, -0.05) is 6.08 Å². The van der Waals surface area contributed by atoms with Crippen LogP contribution < -0.4 is 5.32 Å². The topological polar surface area (TPSA) is 62.3 Å². The molecule has 1 fully saturated rings. The lowest BCUT2D eigenvalue weighted by atomic mass is 9.77. The average Bonchev–Trinajstić information content (AvgIpc) is 2.95. The lowest BCUT2D eigenvalue weighted by Gasteiger charge is -2.41. The standard InChI is InChI=1S/C17H21N3O2/c1-12-5-6-13(10-18-12)16(22)19-11-17-8-3-4-14(17)20(2)15(21)7-9-17/h4-6,10H,3,7-9,11H2,1-2H3,(H,19,22). The number of nitrogens with one attached hydrogen (secondary N) is 1. The van der Waals surface area contributed by atoms with Crippen molar-refractivity contribution in [3.8, 4) is 0 Å². The highest BCUT2D eigenvalue weighted by Crippen LogP contribution is 2.46. The smallest absolute Gasteiger partial charge is 0.252 e. The summed E-state index contributed by atoms with van der Waals surface area (Å²) in [6.07, 6.45) is 7.06. The number of aromatic nitrogens is 1. The first-order valence-corrected chi connectivity index (χ1v) is 7.70. The molecule has 3 rings (SSSR count). The number of piperidine rings is 1. The Morgan fingerprint density at radius 3 is 2.95 bits per heavy atom. The number of hydrogen-bond donors (Lipinski definition) is 1. The normalized spacial score (nSPS) is 24.0. The van der Waals surface area contributed by atoms with Gasteiger partial charge < -0.3 is 10.2 Å². The molecule has 0 bridgehead atoms. The summed E-state index contributed by atoms with van der Waals surface area (Å²) >= 11 is 0. The van der Waals surface area contributed by atoms with E-state index in [0.29, 0.717) is 18.5 Å². The summed E-state index contributed by atoms with van der Waals surface area (Å²) in [6, 6.07) is 3.62. The Bertz CT molecular complexity index is 636. The minimum atomic E-state index is -0.104. The van der Waals surface area contributed by atoms with Crippen LogP contribution in [0, 0.1) is 12.3 Å². The molecule has 1 aromatic rings. The second-order valence-electron chi connectivity index (χ2n) is 6.23. The zero-order valence-electron chi connectivity index (χ0n) is 13.1. The van der Waals surface area contributed by atoms with Crippen molar-refractivity contribution in [2.75, 3.05) is 13.6 Å². The summed E-state index contributed by atoms with van der Waals surface area (Å²) in [6.45, 7) is 2.47. The van der Waals surface area contributed by atoms with Gasteiger partial charge in [0, 0.05) is 43.0 Å². The van der Waals surface area contributed by atoms with Crippen molar-refractivity contribution >= 4 is 11.8 Å². The number of pyridine rings is 1. The number of nitrogens with zero attached hydrogens (tertiary/aromatic N) is 2. The van der Waals surface area contributed by atoms with Gasteiger partial charge in [0.2, 0.25) is 5.91 Å². The van der Waals surface area contributed by atoms with Crippen LogP contribution in [0.4, 0.5) is 0 Å². The van der Waals surface area contributed by atoms with E-state index in [1.54, 1.807) is 17.2 Å². The molecule has 0 radical (unpaired) electrons. The summed E-state index contributed by atoms with van der Waals surface area (Å²) in [5.41, 5.74) is 2.46. The minimum absolute atomic E-state index is 0.0869. The van der Waals surface area contributed by atoms with Crippen LogP contribution in [-0.2, 0) is 4.79 Å². The SMILES string of the molecule is Cc1ccc(C(=O)NCC23CCC=C2N(C)C(=O)CC3)cn1. The summed E-state index contributed by atoms with van der Waals surface area (Å²) < 4.78 is 0. The van der Waals surface area contributed by atoms with E-state index in [2.05, 4.69) is 16.4 Å². The van der Waals surface area contributed by atoms with Gasteiger partial charge in [-0.15, -0.1) is 0 Å². The van der Waals surface area contributed by atoms with E-state index < -0.39 is 0 Å². The van der Waals surface area contributed by atoms with Crippen LogP contribution in [0.25, 0.3) is 0 Å². The van der Waals surface area contributed by atoms with Gasteiger partial charge >= 0.3 is 0 Å².